The predicted molar refractivity (Wildman–Crippen MR) is 75.4 cm³/mol. The van der Waals surface area contributed by atoms with Crippen LogP contribution in [0.5, 0.6) is 0 Å². The lowest BCUT2D eigenvalue weighted by Gasteiger charge is -2.26. The molecule has 0 atom stereocenters. The number of nitrogens with one attached hydrogen (secondary N) is 1. The van der Waals surface area contributed by atoms with E-state index in [2.05, 4.69) is 43.4 Å². The third kappa shape index (κ3) is 3.76. The van der Waals surface area contributed by atoms with Crippen LogP contribution in [-0.2, 0) is 6.42 Å². The van der Waals surface area contributed by atoms with Gasteiger partial charge in [-0.3, -0.25) is 0 Å². The van der Waals surface area contributed by atoms with Crippen LogP contribution < -0.4 is 5.32 Å². The molecule has 1 aromatic rings. The Morgan fingerprint density at radius 1 is 1.18 bits per heavy atom. The van der Waals surface area contributed by atoms with E-state index >= 15 is 0 Å². The lowest BCUT2D eigenvalue weighted by molar-refractivity contribution is 0.300. The Morgan fingerprint density at radius 2 is 1.94 bits per heavy atom. The summed E-state index contributed by atoms with van der Waals surface area (Å²) in [4.78, 5) is 0. The summed E-state index contributed by atoms with van der Waals surface area (Å²) in [5, 5.41) is 3.60. The van der Waals surface area contributed by atoms with Crippen LogP contribution in [0.1, 0.15) is 45.1 Å². The van der Waals surface area contributed by atoms with E-state index in [9.17, 15) is 0 Å². The first-order valence-corrected chi connectivity index (χ1v) is 7.10. The van der Waals surface area contributed by atoms with Gasteiger partial charge < -0.3 is 5.32 Å². The summed E-state index contributed by atoms with van der Waals surface area (Å²) in [7, 11) is 0. The van der Waals surface area contributed by atoms with Crippen molar-refractivity contribution in [1.29, 1.82) is 0 Å². The average molecular weight is 231 g/mol. The molecule has 0 aliphatic heterocycles. The van der Waals surface area contributed by atoms with Crippen molar-refractivity contribution in [2.24, 2.45) is 11.8 Å². The van der Waals surface area contributed by atoms with Crippen LogP contribution in [0, 0.1) is 11.8 Å². The summed E-state index contributed by atoms with van der Waals surface area (Å²) >= 11 is 0. The molecule has 1 saturated carbocycles. The monoisotopic (exact) mass is 231 g/mol. The number of hydrogen-bond donors (Lipinski definition) is 1. The Labute approximate surface area is 106 Å². The molecule has 0 spiro atoms. The van der Waals surface area contributed by atoms with Crippen molar-refractivity contribution >= 4 is 5.69 Å². The molecule has 1 nitrogen and oxygen atoms in total. The minimum absolute atomic E-state index is 0.886. The van der Waals surface area contributed by atoms with E-state index in [4.69, 9.17) is 0 Å². The fourth-order valence-corrected chi connectivity index (χ4v) is 2.70. The van der Waals surface area contributed by atoms with Crippen molar-refractivity contribution in [3.8, 4) is 0 Å². The molecule has 0 heterocycles. The quantitative estimate of drug-likeness (QED) is 0.805. The highest BCUT2D eigenvalue weighted by Gasteiger charge is 2.17. The van der Waals surface area contributed by atoms with E-state index in [1.165, 1.54) is 36.9 Å². The summed E-state index contributed by atoms with van der Waals surface area (Å²) in [5.41, 5.74) is 2.72. The van der Waals surface area contributed by atoms with Gasteiger partial charge in [0, 0.05) is 12.2 Å². The van der Waals surface area contributed by atoms with Crippen molar-refractivity contribution in [3.63, 3.8) is 0 Å². The van der Waals surface area contributed by atoms with Crippen molar-refractivity contribution in [3.05, 3.63) is 29.8 Å². The van der Waals surface area contributed by atoms with Crippen molar-refractivity contribution in [2.75, 3.05) is 11.9 Å². The van der Waals surface area contributed by atoms with Crippen LogP contribution in [0.15, 0.2) is 24.3 Å². The van der Waals surface area contributed by atoms with Gasteiger partial charge in [0.1, 0.15) is 0 Å². The normalized spacial score (nSPS) is 24.6. The first kappa shape index (κ1) is 12.5. The first-order valence-electron chi connectivity index (χ1n) is 7.10. The number of hydrogen-bond acceptors (Lipinski definition) is 1. The van der Waals surface area contributed by atoms with Gasteiger partial charge in [0.15, 0.2) is 0 Å². The Morgan fingerprint density at radius 3 is 2.65 bits per heavy atom. The van der Waals surface area contributed by atoms with Gasteiger partial charge in [-0.2, -0.15) is 0 Å². The van der Waals surface area contributed by atoms with Gasteiger partial charge in [0.25, 0.3) is 0 Å². The van der Waals surface area contributed by atoms with Gasteiger partial charge in [0.05, 0.1) is 0 Å². The van der Waals surface area contributed by atoms with E-state index in [0.29, 0.717) is 0 Å². The van der Waals surface area contributed by atoms with E-state index in [0.717, 1.165) is 24.8 Å². The second-order valence-electron chi connectivity index (χ2n) is 5.56. The lowest BCUT2D eigenvalue weighted by atomic mass is 9.83. The molecule has 1 aliphatic carbocycles. The maximum atomic E-state index is 3.60. The molecule has 2 rings (SSSR count). The highest BCUT2D eigenvalue weighted by atomic mass is 14.9. The number of aryl methyl sites for hydroxylation is 1. The minimum Gasteiger partial charge on any atom is -0.385 e. The molecule has 1 aromatic carbocycles. The topological polar surface area (TPSA) is 12.0 Å². The number of benzene rings is 1. The van der Waals surface area contributed by atoms with E-state index in [-0.39, 0.29) is 0 Å². The smallest absolute Gasteiger partial charge is 0.0342 e. The fourth-order valence-electron chi connectivity index (χ4n) is 2.70. The van der Waals surface area contributed by atoms with E-state index < -0.39 is 0 Å². The highest BCUT2D eigenvalue weighted by molar-refractivity contribution is 5.45. The summed E-state index contributed by atoms with van der Waals surface area (Å²) < 4.78 is 0. The molecule has 1 aliphatic rings. The third-order valence-electron chi connectivity index (χ3n) is 4.07. The summed E-state index contributed by atoms with van der Waals surface area (Å²) in [5.74, 6) is 1.84. The standard InChI is InChI=1S/C16H25N/c1-3-14-5-4-6-16(11-14)17-12-15-9-7-13(2)8-10-15/h4-6,11,13,15,17H,3,7-10,12H2,1-2H3. The highest BCUT2D eigenvalue weighted by Crippen LogP contribution is 2.28. The molecule has 0 bridgehead atoms. The Bertz CT molecular complexity index is 337. The van der Waals surface area contributed by atoms with Crippen molar-refractivity contribution in [2.45, 2.75) is 46.0 Å². The molecular weight excluding hydrogens is 206 g/mol. The Hall–Kier alpha value is -0.980. The van der Waals surface area contributed by atoms with Crippen LogP contribution in [-0.4, -0.2) is 6.54 Å². The van der Waals surface area contributed by atoms with Gasteiger partial charge in [-0.1, -0.05) is 38.8 Å². The van der Waals surface area contributed by atoms with Gasteiger partial charge in [-0.25, -0.2) is 0 Å². The average Bonchev–Trinajstić information content (AvgIpc) is 2.38. The maximum absolute atomic E-state index is 3.60. The van der Waals surface area contributed by atoms with Crippen LogP contribution in [0.3, 0.4) is 0 Å². The fraction of sp³-hybridized carbons (Fsp3) is 0.625. The Balaban J connectivity index is 1.81. The van der Waals surface area contributed by atoms with Crippen LogP contribution in [0.2, 0.25) is 0 Å². The molecule has 0 aromatic heterocycles. The molecular formula is C16H25N. The van der Waals surface area contributed by atoms with Crippen molar-refractivity contribution in [1.82, 2.24) is 0 Å². The molecule has 0 amide bonds. The van der Waals surface area contributed by atoms with E-state index in [1.54, 1.807) is 0 Å². The summed E-state index contributed by atoms with van der Waals surface area (Å²) in [6.45, 7) is 5.75. The van der Waals surface area contributed by atoms with Crippen LogP contribution in [0.25, 0.3) is 0 Å². The molecule has 1 N–H and O–H groups in total. The second kappa shape index (κ2) is 6.09. The summed E-state index contributed by atoms with van der Waals surface area (Å²) in [6.07, 6.45) is 6.77. The maximum Gasteiger partial charge on any atom is 0.0342 e. The zero-order valence-corrected chi connectivity index (χ0v) is 11.2. The molecule has 1 fully saturated rings. The van der Waals surface area contributed by atoms with Crippen LogP contribution >= 0.6 is 0 Å². The number of anilines is 1. The molecule has 0 saturated heterocycles. The Kier molecular flexibility index (Phi) is 4.47. The molecule has 1 heteroatoms. The zero-order valence-electron chi connectivity index (χ0n) is 11.2. The zero-order chi connectivity index (χ0) is 12.1. The largest absolute Gasteiger partial charge is 0.385 e. The lowest BCUT2D eigenvalue weighted by Crippen LogP contribution is -2.20. The predicted octanol–water partition coefficient (Wildman–Crippen LogP) is 4.49. The molecule has 0 radical (unpaired) electrons. The summed E-state index contributed by atoms with van der Waals surface area (Å²) in [6, 6.07) is 8.83. The molecule has 0 unspecified atom stereocenters. The molecule has 17 heavy (non-hydrogen) atoms. The molecule has 94 valence electrons. The van der Waals surface area contributed by atoms with Gasteiger partial charge in [0.2, 0.25) is 0 Å². The van der Waals surface area contributed by atoms with Gasteiger partial charge in [-0.05, 0) is 48.8 Å². The van der Waals surface area contributed by atoms with Gasteiger partial charge in [-0.15, -0.1) is 0 Å². The SMILES string of the molecule is CCc1cccc(NCC2CCC(C)CC2)c1. The first-order chi connectivity index (χ1) is 8.28. The second-order valence-corrected chi connectivity index (χ2v) is 5.56. The van der Waals surface area contributed by atoms with Crippen LogP contribution in [0.4, 0.5) is 5.69 Å². The number of rotatable bonds is 4. The third-order valence-corrected chi connectivity index (χ3v) is 4.07. The minimum atomic E-state index is 0.886. The van der Waals surface area contributed by atoms with Gasteiger partial charge >= 0.3 is 0 Å². The van der Waals surface area contributed by atoms with Crippen molar-refractivity contribution < 1.29 is 0 Å². The van der Waals surface area contributed by atoms with E-state index in [1.807, 2.05) is 0 Å².